The van der Waals surface area contributed by atoms with Gasteiger partial charge >= 0.3 is 0 Å². The van der Waals surface area contributed by atoms with Crippen LogP contribution in [-0.4, -0.2) is 6.61 Å². The number of hydrogen-bond donors (Lipinski definition) is 0. The molecule has 0 radical (unpaired) electrons. The van der Waals surface area contributed by atoms with E-state index >= 15 is 0 Å². The van der Waals surface area contributed by atoms with Gasteiger partial charge in [-0.15, -0.1) is 0 Å². The number of hydrogen-bond acceptors (Lipinski definition) is 2. The maximum absolute atomic E-state index is 13.2. The first-order valence-electron chi connectivity index (χ1n) is 4.12. The van der Waals surface area contributed by atoms with E-state index in [1.54, 1.807) is 6.07 Å². The van der Waals surface area contributed by atoms with Crippen molar-refractivity contribution in [3.05, 3.63) is 29.1 Å². The molecule has 66 valence electrons. The predicted octanol–water partition coefficient (Wildman–Crippen LogP) is 1.83. The number of nitrogens with zero attached hydrogens (tertiary/aromatic N) is 1. The average molecular weight is 177 g/mol. The summed E-state index contributed by atoms with van der Waals surface area (Å²) in [5, 5.41) is 8.44. The van der Waals surface area contributed by atoms with Crippen LogP contribution in [0.15, 0.2) is 12.1 Å². The van der Waals surface area contributed by atoms with Crippen molar-refractivity contribution in [3.63, 3.8) is 0 Å². The van der Waals surface area contributed by atoms with Gasteiger partial charge in [0.15, 0.2) is 0 Å². The Bertz CT molecular complexity index is 381. The molecular formula is C10H8FNO. The second kappa shape index (κ2) is 3.06. The van der Waals surface area contributed by atoms with E-state index < -0.39 is 0 Å². The van der Waals surface area contributed by atoms with Gasteiger partial charge in [0.1, 0.15) is 11.6 Å². The van der Waals surface area contributed by atoms with Crippen LogP contribution in [0.3, 0.4) is 0 Å². The van der Waals surface area contributed by atoms with Crippen molar-refractivity contribution in [1.29, 1.82) is 5.26 Å². The lowest BCUT2D eigenvalue weighted by Gasteiger charge is -2.02. The maximum atomic E-state index is 13.2. The summed E-state index contributed by atoms with van der Waals surface area (Å²) in [5.74, 6) is 0.279. The van der Waals surface area contributed by atoms with Gasteiger partial charge in [-0.25, -0.2) is 4.39 Å². The third-order valence-corrected chi connectivity index (χ3v) is 2.13. The summed E-state index contributed by atoms with van der Waals surface area (Å²) in [6.07, 6.45) is 0.938. The second-order valence-corrected chi connectivity index (χ2v) is 2.98. The molecule has 13 heavy (non-hydrogen) atoms. The van der Waals surface area contributed by atoms with E-state index in [9.17, 15) is 4.39 Å². The van der Waals surface area contributed by atoms with Crippen LogP contribution in [0.2, 0.25) is 0 Å². The number of fused-ring (bicyclic) bond motifs is 1. The normalized spacial score (nSPS) is 13.2. The number of nitriles is 1. The van der Waals surface area contributed by atoms with E-state index in [0.29, 0.717) is 17.9 Å². The Morgan fingerprint density at radius 2 is 2.38 bits per heavy atom. The van der Waals surface area contributed by atoms with Crippen molar-refractivity contribution in [3.8, 4) is 11.8 Å². The van der Waals surface area contributed by atoms with Crippen LogP contribution >= 0.6 is 0 Å². The molecule has 0 spiro atoms. The minimum atomic E-state index is -0.345. The van der Waals surface area contributed by atoms with Gasteiger partial charge in [0.05, 0.1) is 19.1 Å². The number of rotatable bonds is 1. The Morgan fingerprint density at radius 3 is 3.15 bits per heavy atom. The molecule has 1 aliphatic rings. The van der Waals surface area contributed by atoms with Crippen molar-refractivity contribution in [2.24, 2.45) is 0 Å². The van der Waals surface area contributed by atoms with Gasteiger partial charge in [-0.05, 0) is 11.6 Å². The minimum Gasteiger partial charge on any atom is -0.493 e. The summed E-state index contributed by atoms with van der Waals surface area (Å²) in [6, 6.07) is 5.03. The van der Waals surface area contributed by atoms with Gasteiger partial charge in [-0.2, -0.15) is 5.26 Å². The molecule has 0 fully saturated rings. The lowest BCUT2D eigenvalue weighted by molar-refractivity contribution is 0.355. The third kappa shape index (κ3) is 1.35. The van der Waals surface area contributed by atoms with Crippen molar-refractivity contribution in [2.45, 2.75) is 12.8 Å². The van der Waals surface area contributed by atoms with Crippen LogP contribution in [-0.2, 0) is 12.8 Å². The Labute approximate surface area is 75.6 Å². The first kappa shape index (κ1) is 8.06. The molecule has 0 atom stereocenters. The van der Waals surface area contributed by atoms with Gasteiger partial charge in [0.25, 0.3) is 0 Å². The van der Waals surface area contributed by atoms with Gasteiger partial charge in [0, 0.05) is 18.1 Å². The van der Waals surface area contributed by atoms with Gasteiger partial charge in [-0.1, -0.05) is 0 Å². The lowest BCUT2D eigenvalue weighted by atomic mass is 10.1. The van der Waals surface area contributed by atoms with E-state index in [-0.39, 0.29) is 12.2 Å². The molecule has 0 saturated carbocycles. The first-order chi connectivity index (χ1) is 6.31. The summed E-state index contributed by atoms with van der Waals surface area (Å²) < 4.78 is 18.4. The van der Waals surface area contributed by atoms with Crippen LogP contribution in [0.5, 0.6) is 5.75 Å². The zero-order valence-electron chi connectivity index (χ0n) is 7.01. The summed E-state index contributed by atoms with van der Waals surface area (Å²) in [5.41, 5.74) is 1.47. The summed E-state index contributed by atoms with van der Waals surface area (Å²) >= 11 is 0. The monoisotopic (exact) mass is 177 g/mol. The molecule has 2 rings (SSSR count). The molecule has 0 N–H and O–H groups in total. The average Bonchev–Trinajstić information content (AvgIpc) is 2.52. The van der Waals surface area contributed by atoms with E-state index in [2.05, 4.69) is 0 Å². The molecule has 2 nitrogen and oxygen atoms in total. The standard InChI is InChI=1S/C10H8FNO/c11-9-6-10-8(2-4-13-10)5-7(9)1-3-12/h5-6H,1-2,4H2. The number of ether oxygens (including phenoxy) is 1. The molecular weight excluding hydrogens is 169 g/mol. The molecule has 1 aliphatic heterocycles. The van der Waals surface area contributed by atoms with Crippen molar-refractivity contribution in [2.75, 3.05) is 6.61 Å². The van der Waals surface area contributed by atoms with E-state index in [1.807, 2.05) is 6.07 Å². The number of halogens is 1. The third-order valence-electron chi connectivity index (χ3n) is 2.13. The van der Waals surface area contributed by atoms with Crippen LogP contribution in [0.25, 0.3) is 0 Å². The quantitative estimate of drug-likeness (QED) is 0.655. The van der Waals surface area contributed by atoms with Crippen LogP contribution in [0.4, 0.5) is 4.39 Å². The van der Waals surface area contributed by atoms with Gasteiger partial charge < -0.3 is 4.74 Å². The summed E-state index contributed by atoms with van der Waals surface area (Å²) in [6.45, 7) is 0.616. The van der Waals surface area contributed by atoms with E-state index in [4.69, 9.17) is 10.00 Å². The molecule has 0 aliphatic carbocycles. The second-order valence-electron chi connectivity index (χ2n) is 2.98. The molecule has 1 aromatic rings. The van der Waals surface area contributed by atoms with Crippen molar-refractivity contribution >= 4 is 0 Å². The van der Waals surface area contributed by atoms with Gasteiger partial charge in [0.2, 0.25) is 0 Å². The highest BCUT2D eigenvalue weighted by molar-refractivity contribution is 5.41. The van der Waals surface area contributed by atoms with E-state index in [1.165, 1.54) is 6.07 Å². The Hall–Kier alpha value is -1.56. The van der Waals surface area contributed by atoms with E-state index in [0.717, 1.165) is 12.0 Å². The fourth-order valence-corrected chi connectivity index (χ4v) is 1.47. The zero-order chi connectivity index (χ0) is 9.26. The molecule has 0 unspecified atom stereocenters. The van der Waals surface area contributed by atoms with Crippen molar-refractivity contribution < 1.29 is 9.13 Å². The molecule has 1 aromatic carbocycles. The van der Waals surface area contributed by atoms with Crippen LogP contribution < -0.4 is 4.74 Å². The molecule has 1 heterocycles. The Kier molecular flexibility index (Phi) is 1.90. The first-order valence-corrected chi connectivity index (χ1v) is 4.12. The van der Waals surface area contributed by atoms with Crippen molar-refractivity contribution in [1.82, 2.24) is 0 Å². The summed E-state index contributed by atoms with van der Waals surface area (Å²) in [7, 11) is 0. The highest BCUT2D eigenvalue weighted by atomic mass is 19.1. The fraction of sp³-hybridized carbons (Fsp3) is 0.300. The topological polar surface area (TPSA) is 33.0 Å². The molecule has 0 aromatic heterocycles. The molecule has 0 amide bonds. The molecule has 0 bridgehead atoms. The Balaban J connectivity index is 2.44. The lowest BCUT2D eigenvalue weighted by Crippen LogP contribution is -1.90. The predicted molar refractivity (Wildman–Crippen MR) is 44.9 cm³/mol. The fourth-order valence-electron chi connectivity index (χ4n) is 1.47. The minimum absolute atomic E-state index is 0.124. The van der Waals surface area contributed by atoms with Crippen LogP contribution in [0.1, 0.15) is 11.1 Å². The van der Waals surface area contributed by atoms with Crippen LogP contribution in [0, 0.1) is 17.1 Å². The molecule has 3 heteroatoms. The maximum Gasteiger partial charge on any atom is 0.131 e. The smallest absolute Gasteiger partial charge is 0.131 e. The Morgan fingerprint density at radius 1 is 1.54 bits per heavy atom. The SMILES string of the molecule is N#CCc1cc2c(cc1F)OCC2. The van der Waals surface area contributed by atoms with Gasteiger partial charge in [-0.3, -0.25) is 0 Å². The zero-order valence-corrected chi connectivity index (χ0v) is 7.01. The largest absolute Gasteiger partial charge is 0.493 e. The summed E-state index contributed by atoms with van der Waals surface area (Å²) in [4.78, 5) is 0. The number of benzene rings is 1. The highest BCUT2D eigenvalue weighted by Gasteiger charge is 2.15. The molecule has 0 saturated heterocycles. The highest BCUT2D eigenvalue weighted by Crippen LogP contribution is 2.28.